The molecule has 10 heteroatoms. The van der Waals surface area contributed by atoms with Crippen LogP contribution in [0.4, 0.5) is 5.82 Å². The monoisotopic (exact) mass is 466 g/mol. The number of rotatable bonds is 7. The number of carbonyl (C=O) groups is 1. The lowest BCUT2D eigenvalue weighted by molar-refractivity contribution is -0.121. The first kappa shape index (κ1) is 21.7. The summed E-state index contributed by atoms with van der Waals surface area (Å²) < 4.78 is 1.92. The molecule has 0 saturated carbocycles. The molecule has 0 radical (unpaired) electrons. The second-order valence-electron chi connectivity index (χ2n) is 8.56. The Morgan fingerprint density at radius 3 is 2.85 bits per heavy atom. The number of aromatic nitrogens is 5. The van der Waals surface area contributed by atoms with E-state index >= 15 is 0 Å². The Kier molecular flexibility index (Phi) is 6.15. The molecule has 0 atom stereocenters. The van der Waals surface area contributed by atoms with Gasteiger partial charge in [0.2, 0.25) is 5.91 Å². The van der Waals surface area contributed by atoms with E-state index in [0.717, 1.165) is 41.8 Å². The van der Waals surface area contributed by atoms with Crippen molar-refractivity contribution in [2.75, 3.05) is 25.4 Å². The largest absolute Gasteiger partial charge is 0.382 e. The Balaban J connectivity index is 1.29. The van der Waals surface area contributed by atoms with Gasteiger partial charge in [0.15, 0.2) is 11.5 Å². The molecule has 0 unspecified atom stereocenters. The smallest absolute Gasteiger partial charge is 0.221 e. The molecule has 3 aromatic heterocycles. The fourth-order valence-corrected chi connectivity index (χ4v) is 4.73. The van der Waals surface area contributed by atoms with Crippen LogP contribution in [0.25, 0.3) is 22.1 Å². The summed E-state index contributed by atoms with van der Waals surface area (Å²) in [5, 5.41) is 4.67. The maximum atomic E-state index is 12.4. The molecule has 1 aliphatic rings. The van der Waals surface area contributed by atoms with Gasteiger partial charge in [-0.05, 0) is 49.7 Å². The fraction of sp³-hybridized carbons (Fsp3) is 0.391. The van der Waals surface area contributed by atoms with Crippen LogP contribution >= 0.6 is 11.6 Å². The van der Waals surface area contributed by atoms with E-state index < -0.39 is 0 Å². The zero-order valence-corrected chi connectivity index (χ0v) is 19.1. The first-order valence-electron chi connectivity index (χ1n) is 11.3. The molecule has 1 aromatic carbocycles. The van der Waals surface area contributed by atoms with Crippen LogP contribution in [0, 0.1) is 0 Å². The number of H-pyrrole nitrogens is 1. The number of hydrogen-bond acceptors (Lipinski definition) is 6. The summed E-state index contributed by atoms with van der Waals surface area (Å²) in [6.45, 7) is 3.99. The van der Waals surface area contributed by atoms with Crippen molar-refractivity contribution in [3.63, 3.8) is 0 Å². The van der Waals surface area contributed by atoms with E-state index in [9.17, 15) is 4.79 Å². The summed E-state index contributed by atoms with van der Waals surface area (Å²) >= 11 is 6.40. The highest BCUT2D eigenvalue weighted by atomic mass is 35.5. The lowest BCUT2D eigenvalue weighted by Gasteiger charge is -2.25. The molecule has 4 heterocycles. The lowest BCUT2D eigenvalue weighted by Crippen LogP contribution is -2.34. The number of fused-ring (bicyclic) bond motifs is 2. The van der Waals surface area contributed by atoms with E-state index in [0.29, 0.717) is 41.5 Å². The van der Waals surface area contributed by atoms with Crippen LogP contribution in [-0.4, -0.2) is 54.9 Å². The van der Waals surface area contributed by atoms with Gasteiger partial charge in [-0.2, -0.15) is 0 Å². The number of hydrogen-bond donors (Lipinski definition) is 3. The fourth-order valence-electron chi connectivity index (χ4n) is 4.48. The average Bonchev–Trinajstić information content (AvgIpc) is 3.42. The summed E-state index contributed by atoms with van der Waals surface area (Å²) in [5.74, 6) is 0.424. The molecule has 5 rings (SSSR count). The van der Waals surface area contributed by atoms with Crippen molar-refractivity contribution < 1.29 is 4.79 Å². The van der Waals surface area contributed by atoms with Gasteiger partial charge in [0, 0.05) is 29.1 Å². The number of halogens is 1. The number of anilines is 1. The number of nitrogen functional groups attached to an aromatic ring is 1. The number of benzene rings is 1. The van der Waals surface area contributed by atoms with E-state index in [1.54, 1.807) is 6.33 Å². The van der Waals surface area contributed by atoms with Gasteiger partial charge in [0.05, 0.1) is 24.9 Å². The molecule has 1 fully saturated rings. The number of carbonyl (C=O) groups excluding carboxylic acids is 1. The minimum atomic E-state index is 0.0691. The highest BCUT2D eigenvalue weighted by molar-refractivity contribution is 6.31. The second-order valence-corrected chi connectivity index (χ2v) is 8.99. The molecule has 33 heavy (non-hydrogen) atoms. The highest BCUT2D eigenvalue weighted by Crippen LogP contribution is 2.26. The van der Waals surface area contributed by atoms with Crippen molar-refractivity contribution in [1.82, 2.24) is 34.7 Å². The van der Waals surface area contributed by atoms with Crippen molar-refractivity contribution in [3.8, 4) is 0 Å². The van der Waals surface area contributed by atoms with Crippen LogP contribution in [0.1, 0.15) is 36.9 Å². The molecule has 4 N–H and O–H groups in total. The third-order valence-electron chi connectivity index (χ3n) is 6.18. The molecule has 1 saturated heterocycles. The standard InChI is InChI=1S/C23H27ClN8O/c24-17-8-15-10-18(11-26-19(33)4-7-31-5-2-1-3-6-31)30-20(15)16(9-17)12-32-14-29-21-22(25)27-13-28-23(21)32/h8-10,13-14,30H,1-7,11-12H2,(H,26,33)(H2,25,27,28). The number of likely N-dealkylation sites (tertiary alicyclic amines) is 1. The molecule has 9 nitrogen and oxygen atoms in total. The topological polar surface area (TPSA) is 118 Å². The molecule has 0 bridgehead atoms. The minimum absolute atomic E-state index is 0.0691. The Bertz CT molecular complexity index is 1290. The van der Waals surface area contributed by atoms with E-state index in [2.05, 4.69) is 30.2 Å². The number of aromatic amines is 1. The molecule has 1 amide bonds. The lowest BCUT2D eigenvalue weighted by atomic mass is 10.1. The first-order chi connectivity index (χ1) is 16.1. The number of nitrogens with two attached hydrogens (primary N) is 1. The molecular weight excluding hydrogens is 440 g/mol. The van der Waals surface area contributed by atoms with Gasteiger partial charge in [0.1, 0.15) is 11.8 Å². The van der Waals surface area contributed by atoms with Crippen LogP contribution in [0.2, 0.25) is 5.02 Å². The SMILES string of the molecule is Nc1ncnc2c1ncn2Cc1cc(Cl)cc2cc(CNC(=O)CCN3CCCCC3)[nH]c12. The van der Waals surface area contributed by atoms with Crippen molar-refractivity contribution in [2.45, 2.75) is 38.8 Å². The molecular formula is C23H27ClN8O. The van der Waals surface area contributed by atoms with Gasteiger partial charge in [-0.1, -0.05) is 18.0 Å². The summed E-state index contributed by atoms with van der Waals surface area (Å²) in [7, 11) is 0. The minimum Gasteiger partial charge on any atom is -0.382 e. The Morgan fingerprint density at radius 1 is 1.15 bits per heavy atom. The average molecular weight is 467 g/mol. The Hall–Kier alpha value is -3.17. The molecule has 172 valence electrons. The quantitative estimate of drug-likeness (QED) is 0.385. The first-order valence-corrected chi connectivity index (χ1v) is 11.6. The van der Waals surface area contributed by atoms with E-state index in [-0.39, 0.29) is 5.91 Å². The second kappa shape index (κ2) is 9.36. The van der Waals surface area contributed by atoms with Gasteiger partial charge < -0.3 is 25.5 Å². The van der Waals surface area contributed by atoms with E-state index in [1.165, 1.54) is 25.6 Å². The van der Waals surface area contributed by atoms with Gasteiger partial charge in [-0.25, -0.2) is 15.0 Å². The van der Waals surface area contributed by atoms with Crippen LogP contribution in [-0.2, 0) is 17.9 Å². The van der Waals surface area contributed by atoms with Gasteiger partial charge in [-0.15, -0.1) is 0 Å². The van der Waals surface area contributed by atoms with Crippen molar-refractivity contribution in [1.29, 1.82) is 0 Å². The molecule has 0 aliphatic carbocycles. The number of nitrogens with one attached hydrogen (secondary N) is 2. The molecule has 4 aromatic rings. The summed E-state index contributed by atoms with van der Waals surface area (Å²) in [6, 6.07) is 5.88. The summed E-state index contributed by atoms with van der Waals surface area (Å²) in [6.07, 6.45) is 7.43. The predicted molar refractivity (Wildman–Crippen MR) is 129 cm³/mol. The number of imidazole rings is 1. The summed E-state index contributed by atoms with van der Waals surface area (Å²) in [5.41, 5.74) is 10.1. The van der Waals surface area contributed by atoms with Crippen molar-refractivity contribution in [2.24, 2.45) is 0 Å². The predicted octanol–water partition coefficient (Wildman–Crippen LogP) is 3.08. The molecule has 1 aliphatic heterocycles. The Morgan fingerprint density at radius 2 is 2.00 bits per heavy atom. The maximum absolute atomic E-state index is 12.4. The van der Waals surface area contributed by atoms with Crippen LogP contribution in [0.15, 0.2) is 30.9 Å². The molecule has 0 spiro atoms. The maximum Gasteiger partial charge on any atom is 0.221 e. The number of amides is 1. The van der Waals surface area contributed by atoms with Gasteiger partial charge >= 0.3 is 0 Å². The zero-order valence-electron chi connectivity index (χ0n) is 18.4. The normalized spacial score (nSPS) is 14.8. The van der Waals surface area contributed by atoms with Crippen molar-refractivity contribution in [3.05, 3.63) is 47.1 Å². The van der Waals surface area contributed by atoms with E-state index in [4.69, 9.17) is 17.3 Å². The highest BCUT2D eigenvalue weighted by Gasteiger charge is 2.14. The van der Waals surface area contributed by atoms with E-state index in [1.807, 2.05) is 22.8 Å². The number of nitrogens with zero attached hydrogens (tertiary/aromatic N) is 5. The van der Waals surface area contributed by atoms with Crippen LogP contribution in [0.5, 0.6) is 0 Å². The zero-order chi connectivity index (χ0) is 22.8. The van der Waals surface area contributed by atoms with Crippen molar-refractivity contribution >= 4 is 45.4 Å². The van der Waals surface area contributed by atoms with Crippen LogP contribution < -0.4 is 11.1 Å². The summed E-state index contributed by atoms with van der Waals surface area (Å²) in [4.78, 5) is 30.8. The number of piperidine rings is 1. The van der Waals surface area contributed by atoms with Gasteiger partial charge in [0.25, 0.3) is 0 Å². The van der Waals surface area contributed by atoms with Gasteiger partial charge in [-0.3, -0.25) is 4.79 Å². The third kappa shape index (κ3) is 4.79. The van der Waals surface area contributed by atoms with Crippen LogP contribution in [0.3, 0.4) is 0 Å². The third-order valence-corrected chi connectivity index (χ3v) is 6.40. The Labute approximate surface area is 196 Å².